The smallest absolute Gasteiger partial charge is 0.340 e. The van der Waals surface area contributed by atoms with Crippen LogP contribution in [0.4, 0.5) is 56.5 Å². The molecule has 0 radical (unpaired) electrons. The van der Waals surface area contributed by atoms with Gasteiger partial charge in [0.2, 0.25) is 0 Å². The van der Waals surface area contributed by atoms with Crippen molar-refractivity contribution in [3.63, 3.8) is 0 Å². The molecule has 31 heteroatoms. The van der Waals surface area contributed by atoms with Crippen LogP contribution in [0.2, 0.25) is 20.1 Å². The maximum absolute atomic E-state index is 14.9. The quantitative estimate of drug-likeness (QED) is 0.0450. The van der Waals surface area contributed by atoms with E-state index in [1.54, 1.807) is 23.3 Å². The number of aromatic amines is 1. The molecule has 2 amide bonds. The largest absolute Gasteiger partial charge is 0.462 e. The van der Waals surface area contributed by atoms with Gasteiger partial charge in [-0.15, -0.1) is 23.2 Å². The number of carbonyl (C=O) groups is 3. The lowest BCUT2D eigenvalue weighted by atomic mass is 10.1. The van der Waals surface area contributed by atoms with Gasteiger partial charge in [0.25, 0.3) is 11.1 Å². The molecule has 6 N–H and O–H groups in total. The number of hydrogen-bond acceptors (Lipinski definition) is 15. The van der Waals surface area contributed by atoms with Crippen molar-refractivity contribution in [2.45, 2.75) is 142 Å². The number of ether oxygens (including phenoxy) is 2. The standard InChI is InChI=1S/C18H23ClFN3O3.C17H19ClFN3O2.C17H22ClFN2O2.C15H16ClFN4O2.CH2Cl2/c1-3-26-17(24)12-8-13(20)16(22-7-6-10(2)9-22)14(19)15(12)23(18(21)25)11-4-5-11;1-9-5-6-21(8-9)15-12(19)7-11-14(13(15)18)22(10-3-4-10)17(24)20(2)16(11)23;1-3-23-17(22)12-8-13(19)16(21-7-6-10(2)9-21)14(18)15(12)20-11-4-5-11;16-11-12-9(14(22)19-15(23)21(12)8-1-2-8)5-10(17)13(11)20-4-3-7(18)6-20;2-1-3/h8,10-11H,3-7,9H2,1-2H3,(H2,21,25);7,9-10H,3-6,8H2,1-2H3;8,10-11,20H,3-7,9H2,1-2H3;5,7-8H,1-4,6,18H2,(H,19,22,23);1H2/t10-;9-;10-;7-;/m0000./s1. The van der Waals surface area contributed by atoms with E-state index in [1.165, 1.54) is 28.6 Å². The number of primary amides is 1. The first-order chi connectivity index (χ1) is 47.1. The summed E-state index contributed by atoms with van der Waals surface area (Å²) in [6, 6.07) is 4.24. The minimum atomic E-state index is -0.725. The Hall–Kier alpha value is -6.61. The van der Waals surface area contributed by atoms with Crippen LogP contribution < -0.4 is 63.8 Å². The van der Waals surface area contributed by atoms with Gasteiger partial charge in [0.15, 0.2) is 0 Å². The predicted octanol–water partition coefficient (Wildman–Crippen LogP) is 13.1. The number of anilines is 6. The Morgan fingerprint density at radius 3 is 1.44 bits per heavy atom. The number of H-pyrrole nitrogens is 1. The van der Waals surface area contributed by atoms with Crippen molar-refractivity contribution >= 4 is 144 Å². The van der Waals surface area contributed by atoms with E-state index in [2.05, 4.69) is 31.1 Å². The fourth-order valence-corrected chi connectivity index (χ4v) is 14.9. The molecule has 4 saturated carbocycles. The van der Waals surface area contributed by atoms with Crippen molar-refractivity contribution in [3.8, 4) is 0 Å². The fraction of sp³-hybridized carbons (Fsp3) is 0.544. The van der Waals surface area contributed by atoms with Crippen LogP contribution in [0.3, 0.4) is 0 Å². The molecule has 0 bridgehead atoms. The minimum Gasteiger partial charge on any atom is -0.462 e. The van der Waals surface area contributed by atoms with Gasteiger partial charge in [0.05, 0.1) is 106 Å². The zero-order valence-corrected chi connectivity index (χ0v) is 60.4. The van der Waals surface area contributed by atoms with E-state index in [9.17, 15) is 51.1 Å². The number of esters is 2. The van der Waals surface area contributed by atoms with Crippen LogP contribution in [0.5, 0.6) is 0 Å². The zero-order chi connectivity index (χ0) is 71.7. The number of amides is 2. The highest BCUT2D eigenvalue weighted by Gasteiger charge is 2.41. The van der Waals surface area contributed by atoms with Crippen LogP contribution in [-0.4, -0.2) is 126 Å². The van der Waals surface area contributed by atoms with Crippen molar-refractivity contribution in [1.29, 1.82) is 0 Å². The first-order valence-corrected chi connectivity index (χ1v) is 36.1. The van der Waals surface area contributed by atoms with E-state index >= 15 is 0 Å². The normalized spacial score (nSPS) is 20.2. The number of halogens is 10. The number of aromatic nitrogens is 4. The lowest BCUT2D eigenvalue weighted by molar-refractivity contribution is 0.0517. The number of rotatable bonds is 14. The van der Waals surface area contributed by atoms with Gasteiger partial charge in [-0.25, -0.2) is 41.5 Å². The van der Waals surface area contributed by atoms with Crippen LogP contribution in [0.15, 0.2) is 43.4 Å². The molecule has 21 nitrogen and oxygen atoms in total. The third kappa shape index (κ3) is 16.3. The first kappa shape index (κ1) is 75.1. The topological polar surface area (TPSA) is 249 Å². The molecular weight excluding hydrogens is 1420 g/mol. The van der Waals surface area contributed by atoms with Crippen molar-refractivity contribution in [2.24, 2.45) is 36.3 Å². The number of nitrogens with two attached hydrogens (primary N) is 2. The fourth-order valence-electron chi connectivity index (χ4n) is 13.3. The van der Waals surface area contributed by atoms with E-state index < -0.39 is 58.0 Å². The summed E-state index contributed by atoms with van der Waals surface area (Å²) in [6.07, 6.45) is 10.7. The monoisotopic (exact) mass is 1500 g/mol. The second-order valence-electron chi connectivity index (χ2n) is 26.7. The molecule has 6 heterocycles. The molecule has 99 heavy (non-hydrogen) atoms. The Kier molecular flexibility index (Phi) is 24.1. The van der Waals surface area contributed by atoms with Gasteiger partial charge in [-0.3, -0.25) is 33.2 Å². The number of urea groups is 1. The zero-order valence-electron chi connectivity index (χ0n) is 55.9. The Morgan fingerprint density at radius 2 is 1.01 bits per heavy atom. The highest BCUT2D eigenvalue weighted by atomic mass is 35.5. The molecule has 4 atom stereocenters. The third-order valence-electron chi connectivity index (χ3n) is 18.8. The Morgan fingerprint density at radius 1 is 0.586 bits per heavy atom. The van der Waals surface area contributed by atoms with Crippen molar-refractivity contribution < 1.29 is 41.4 Å². The summed E-state index contributed by atoms with van der Waals surface area (Å²) in [5.41, 5.74) is 12.0. The lowest BCUT2D eigenvalue weighted by Gasteiger charge is -2.28. The molecule has 4 aliphatic heterocycles. The molecule has 8 aliphatic rings. The second kappa shape index (κ2) is 31.7. The molecule has 4 aliphatic carbocycles. The molecule has 0 spiro atoms. The summed E-state index contributed by atoms with van der Waals surface area (Å²) in [7, 11) is 1.42. The molecule has 6 aromatic rings. The van der Waals surface area contributed by atoms with E-state index in [1.807, 2.05) is 14.7 Å². The second-order valence-corrected chi connectivity index (χ2v) is 29.0. The van der Waals surface area contributed by atoms with Crippen molar-refractivity contribution in [3.05, 3.63) is 120 Å². The summed E-state index contributed by atoms with van der Waals surface area (Å²) in [6.45, 7) is 15.5. The molecule has 4 saturated heterocycles. The average molecular weight is 1500 g/mol. The van der Waals surface area contributed by atoms with Gasteiger partial charge in [-0.05, 0) is 133 Å². The lowest BCUT2D eigenvalue weighted by Crippen LogP contribution is -2.39. The number of carbonyl (C=O) groups excluding carboxylic acids is 3. The summed E-state index contributed by atoms with van der Waals surface area (Å²) in [5.74, 6) is -2.02. The maximum atomic E-state index is 14.9. The molecular formula is C68H82Cl6F4N12O9. The van der Waals surface area contributed by atoms with Crippen molar-refractivity contribution in [2.75, 3.05) is 101 Å². The molecule has 538 valence electrons. The van der Waals surface area contributed by atoms with Crippen LogP contribution in [0, 0.1) is 41.0 Å². The predicted molar refractivity (Wildman–Crippen MR) is 385 cm³/mol. The number of benzene rings is 4. The van der Waals surface area contributed by atoms with Gasteiger partial charge in [0, 0.05) is 89.6 Å². The van der Waals surface area contributed by atoms with Crippen LogP contribution in [0.25, 0.3) is 21.8 Å². The molecule has 14 rings (SSSR count). The van der Waals surface area contributed by atoms with Gasteiger partial charge in [-0.2, -0.15) is 0 Å². The molecule has 2 aromatic heterocycles. The molecule has 0 unspecified atom stereocenters. The first-order valence-electron chi connectivity index (χ1n) is 33.5. The SMILES string of the molecule is CCOC(=O)c1cc(F)c(N2CC[C@H](C)C2)c(Cl)c1N(C(N)=O)C1CC1.CCOC(=O)c1cc(F)c(N2CC[C@H](C)C2)c(Cl)c1NC1CC1.C[C@H]1CCN(c2c(F)cc3c(=O)n(C)c(=O)n(C4CC4)c3c2Cl)C1.ClCCl.N[C@H]1CCN(c2c(F)cc3c(=O)[nH]c(=O)n(C4CC4)c3c2Cl)C1. The maximum Gasteiger partial charge on any atom is 0.340 e. The van der Waals surface area contributed by atoms with E-state index in [-0.39, 0.29) is 107 Å². The average Bonchev–Trinajstić information content (AvgIpc) is 1.72. The third-order valence-corrected chi connectivity index (χ3v) is 20.2. The highest BCUT2D eigenvalue weighted by Crippen LogP contribution is 2.48. The number of alkyl halides is 2. The summed E-state index contributed by atoms with van der Waals surface area (Å²) in [4.78, 5) is 96.9. The summed E-state index contributed by atoms with van der Waals surface area (Å²) in [5, 5.41) is 4.35. The van der Waals surface area contributed by atoms with E-state index in [0.29, 0.717) is 78.1 Å². The summed E-state index contributed by atoms with van der Waals surface area (Å²) >= 11 is 35.6. The van der Waals surface area contributed by atoms with Gasteiger partial charge in [-0.1, -0.05) is 67.2 Å². The number of nitrogens with one attached hydrogen (secondary N) is 2. The van der Waals surface area contributed by atoms with Crippen LogP contribution in [0.1, 0.15) is 144 Å². The Bertz CT molecular complexity index is 4340. The number of nitrogens with zero attached hydrogens (tertiary/aromatic N) is 8. The van der Waals surface area contributed by atoms with Gasteiger partial charge >= 0.3 is 29.3 Å². The number of fused-ring (bicyclic) bond motifs is 2. The summed E-state index contributed by atoms with van der Waals surface area (Å²) < 4.78 is 73.1. The number of hydrogen-bond donors (Lipinski definition) is 4. The Balaban J connectivity index is 0.000000141. The Labute approximate surface area is 599 Å². The van der Waals surface area contributed by atoms with Gasteiger partial charge < -0.3 is 45.9 Å². The molecule has 8 fully saturated rings. The van der Waals surface area contributed by atoms with Crippen molar-refractivity contribution in [1.82, 2.24) is 18.7 Å². The molecule has 4 aromatic carbocycles. The van der Waals surface area contributed by atoms with E-state index in [4.69, 9.17) is 90.5 Å². The van der Waals surface area contributed by atoms with Crippen LogP contribution in [-0.2, 0) is 16.5 Å². The van der Waals surface area contributed by atoms with Crippen LogP contribution >= 0.6 is 69.6 Å². The highest BCUT2D eigenvalue weighted by molar-refractivity contribution is 6.41. The van der Waals surface area contributed by atoms with E-state index in [0.717, 1.165) is 120 Å². The minimum absolute atomic E-state index is 0.0125. The van der Waals surface area contributed by atoms with Gasteiger partial charge in [0.1, 0.15) is 23.3 Å².